The summed E-state index contributed by atoms with van der Waals surface area (Å²) in [6.07, 6.45) is 4.01. The summed E-state index contributed by atoms with van der Waals surface area (Å²) < 4.78 is 5.31. The van der Waals surface area contributed by atoms with Crippen LogP contribution in [0.2, 0.25) is 0 Å². The van der Waals surface area contributed by atoms with Crippen LogP contribution in [0.5, 0.6) is 0 Å². The number of carbonyl (C=O) groups excluding carboxylic acids is 2. The van der Waals surface area contributed by atoms with Crippen molar-refractivity contribution in [2.24, 2.45) is 5.92 Å². The Bertz CT molecular complexity index is 764. The van der Waals surface area contributed by atoms with Crippen molar-refractivity contribution < 1.29 is 14.3 Å². The number of anilines is 1. The average molecular weight is 372 g/mol. The summed E-state index contributed by atoms with van der Waals surface area (Å²) >= 11 is 1.36. The molecule has 2 aromatic rings. The SMILES string of the molecule is CCc1ccc(-c2csc(NC(=O)[C@H](C)OC(=O)C3CCCC3)n2)cc1. The summed E-state index contributed by atoms with van der Waals surface area (Å²) in [5.41, 5.74) is 3.11. The number of carbonyl (C=O) groups is 2. The van der Waals surface area contributed by atoms with E-state index in [2.05, 4.69) is 29.4 Å². The highest BCUT2D eigenvalue weighted by molar-refractivity contribution is 7.14. The van der Waals surface area contributed by atoms with Gasteiger partial charge in [-0.3, -0.25) is 14.9 Å². The van der Waals surface area contributed by atoms with Gasteiger partial charge in [-0.2, -0.15) is 0 Å². The van der Waals surface area contributed by atoms with Gasteiger partial charge >= 0.3 is 5.97 Å². The fourth-order valence-corrected chi connectivity index (χ4v) is 3.79. The van der Waals surface area contributed by atoms with Gasteiger partial charge in [-0.05, 0) is 31.7 Å². The molecule has 26 heavy (non-hydrogen) atoms. The number of thiazole rings is 1. The Morgan fingerprint density at radius 2 is 1.96 bits per heavy atom. The van der Waals surface area contributed by atoms with Crippen molar-refractivity contribution in [1.82, 2.24) is 4.98 Å². The molecule has 0 radical (unpaired) electrons. The van der Waals surface area contributed by atoms with Crippen LogP contribution >= 0.6 is 11.3 Å². The zero-order chi connectivity index (χ0) is 18.5. The molecule has 1 amide bonds. The summed E-state index contributed by atoms with van der Waals surface area (Å²) in [6.45, 7) is 3.71. The fourth-order valence-electron chi connectivity index (χ4n) is 3.07. The number of amides is 1. The second-order valence-electron chi connectivity index (χ2n) is 6.64. The molecule has 1 fully saturated rings. The number of esters is 1. The van der Waals surface area contributed by atoms with E-state index < -0.39 is 6.10 Å². The number of aryl methyl sites for hydroxylation is 1. The minimum Gasteiger partial charge on any atom is -0.452 e. The summed E-state index contributed by atoms with van der Waals surface area (Å²) in [7, 11) is 0. The van der Waals surface area contributed by atoms with Crippen molar-refractivity contribution in [1.29, 1.82) is 0 Å². The summed E-state index contributed by atoms with van der Waals surface area (Å²) in [5.74, 6) is -0.664. The molecule has 1 aliphatic rings. The maximum atomic E-state index is 12.3. The molecule has 1 atom stereocenters. The lowest BCUT2D eigenvalue weighted by molar-refractivity contribution is -0.157. The first-order valence-electron chi connectivity index (χ1n) is 9.13. The Morgan fingerprint density at radius 3 is 2.62 bits per heavy atom. The molecule has 1 saturated carbocycles. The number of aromatic nitrogens is 1. The summed E-state index contributed by atoms with van der Waals surface area (Å²) in [6, 6.07) is 8.23. The highest BCUT2D eigenvalue weighted by Crippen LogP contribution is 2.27. The molecule has 1 aromatic carbocycles. The molecule has 0 spiro atoms. The van der Waals surface area contributed by atoms with Crippen LogP contribution in [0, 0.1) is 5.92 Å². The lowest BCUT2D eigenvalue weighted by Gasteiger charge is -2.15. The molecule has 0 saturated heterocycles. The Morgan fingerprint density at radius 1 is 1.27 bits per heavy atom. The predicted molar refractivity (Wildman–Crippen MR) is 103 cm³/mol. The molecular weight excluding hydrogens is 348 g/mol. The third kappa shape index (κ3) is 4.49. The van der Waals surface area contributed by atoms with E-state index in [1.165, 1.54) is 16.9 Å². The molecule has 1 aromatic heterocycles. The first-order valence-corrected chi connectivity index (χ1v) is 10.0. The maximum Gasteiger partial charge on any atom is 0.309 e. The standard InChI is InChI=1S/C20H24N2O3S/c1-3-14-8-10-15(11-9-14)17-12-26-20(21-17)22-18(23)13(2)25-19(24)16-6-4-5-7-16/h8-13,16H,3-7H2,1-2H3,(H,21,22,23)/t13-/m0/s1. The summed E-state index contributed by atoms with van der Waals surface area (Å²) in [4.78, 5) is 28.8. The third-order valence-corrected chi connectivity index (χ3v) is 5.50. The Labute approximate surface area is 157 Å². The van der Waals surface area contributed by atoms with Crippen LogP contribution in [0.4, 0.5) is 5.13 Å². The van der Waals surface area contributed by atoms with Crippen molar-refractivity contribution in [3.05, 3.63) is 35.2 Å². The molecule has 0 unspecified atom stereocenters. The minimum absolute atomic E-state index is 0.0530. The third-order valence-electron chi connectivity index (χ3n) is 4.74. The number of nitrogens with zero attached hydrogens (tertiary/aromatic N) is 1. The topological polar surface area (TPSA) is 68.3 Å². The quantitative estimate of drug-likeness (QED) is 0.762. The molecular formula is C20H24N2O3S. The number of hydrogen-bond donors (Lipinski definition) is 1. The molecule has 138 valence electrons. The number of benzene rings is 1. The van der Waals surface area contributed by atoms with Gasteiger partial charge in [0.05, 0.1) is 11.6 Å². The first-order chi connectivity index (χ1) is 12.6. The zero-order valence-electron chi connectivity index (χ0n) is 15.2. The molecule has 0 aliphatic heterocycles. The van der Waals surface area contributed by atoms with Crippen LogP contribution in [0.15, 0.2) is 29.6 Å². The van der Waals surface area contributed by atoms with E-state index in [1.807, 2.05) is 17.5 Å². The Balaban J connectivity index is 1.57. The molecule has 5 nitrogen and oxygen atoms in total. The van der Waals surface area contributed by atoms with Crippen LogP contribution in [-0.4, -0.2) is 23.0 Å². The van der Waals surface area contributed by atoms with Crippen LogP contribution in [0.1, 0.15) is 45.1 Å². The van der Waals surface area contributed by atoms with Gasteiger partial charge < -0.3 is 4.74 Å². The predicted octanol–water partition coefficient (Wildman–Crippen LogP) is 4.43. The van der Waals surface area contributed by atoms with Crippen molar-refractivity contribution in [2.45, 2.75) is 52.1 Å². The lowest BCUT2D eigenvalue weighted by atomic mass is 10.1. The van der Waals surface area contributed by atoms with Gasteiger partial charge in [0, 0.05) is 10.9 Å². The van der Waals surface area contributed by atoms with Crippen molar-refractivity contribution in [3.8, 4) is 11.3 Å². The fraction of sp³-hybridized carbons (Fsp3) is 0.450. The number of rotatable bonds is 6. The van der Waals surface area contributed by atoms with Crippen molar-refractivity contribution >= 4 is 28.3 Å². The van der Waals surface area contributed by atoms with Gasteiger partial charge in [-0.1, -0.05) is 44.0 Å². The van der Waals surface area contributed by atoms with Gasteiger partial charge in [0.2, 0.25) is 0 Å². The molecule has 1 N–H and O–H groups in total. The normalized spacial score (nSPS) is 15.6. The minimum atomic E-state index is -0.820. The average Bonchev–Trinajstić information content (AvgIpc) is 3.34. The Kier molecular flexibility index (Phi) is 6.04. The first kappa shape index (κ1) is 18.6. The molecule has 1 heterocycles. The van der Waals surface area contributed by atoms with E-state index in [-0.39, 0.29) is 17.8 Å². The van der Waals surface area contributed by atoms with E-state index in [1.54, 1.807) is 6.92 Å². The maximum absolute atomic E-state index is 12.3. The van der Waals surface area contributed by atoms with E-state index in [4.69, 9.17) is 4.74 Å². The summed E-state index contributed by atoms with van der Waals surface area (Å²) in [5, 5.41) is 5.16. The second kappa shape index (κ2) is 8.45. The highest BCUT2D eigenvalue weighted by atomic mass is 32.1. The van der Waals surface area contributed by atoms with Gasteiger partial charge in [0.1, 0.15) is 0 Å². The van der Waals surface area contributed by atoms with Gasteiger partial charge in [0.15, 0.2) is 11.2 Å². The lowest BCUT2D eigenvalue weighted by Crippen LogP contribution is -2.31. The largest absolute Gasteiger partial charge is 0.452 e. The monoisotopic (exact) mass is 372 g/mol. The number of ether oxygens (including phenoxy) is 1. The number of nitrogens with one attached hydrogen (secondary N) is 1. The van der Waals surface area contributed by atoms with Crippen LogP contribution in [-0.2, 0) is 20.7 Å². The van der Waals surface area contributed by atoms with Crippen LogP contribution < -0.4 is 5.32 Å². The molecule has 3 rings (SSSR count). The highest BCUT2D eigenvalue weighted by Gasteiger charge is 2.27. The number of hydrogen-bond acceptors (Lipinski definition) is 5. The van der Waals surface area contributed by atoms with Crippen molar-refractivity contribution in [3.63, 3.8) is 0 Å². The van der Waals surface area contributed by atoms with Crippen LogP contribution in [0.3, 0.4) is 0 Å². The van der Waals surface area contributed by atoms with E-state index in [9.17, 15) is 9.59 Å². The molecule has 1 aliphatic carbocycles. The van der Waals surface area contributed by atoms with Gasteiger partial charge in [-0.25, -0.2) is 4.98 Å². The van der Waals surface area contributed by atoms with E-state index in [0.29, 0.717) is 5.13 Å². The van der Waals surface area contributed by atoms with Crippen molar-refractivity contribution in [2.75, 3.05) is 5.32 Å². The molecule has 6 heteroatoms. The van der Waals surface area contributed by atoms with Gasteiger partial charge in [-0.15, -0.1) is 11.3 Å². The Hall–Kier alpha value is -2.21. The van der Waals surface area contributed by atoms with Gasteiger partial charge in [0.25, 0.3) is 5.91 Å². The molecule has 0 bridgehead atoms. The zero-order valence-corrected chi connectivity index (χ0v) is 16.0. The van der Waals surface area contributed by atoms with Crippen LogP contribution in [0.25, 0.3) is 11.3 Å². The van der Waals surface area contributed by atoms with E-state index in [0.717, 1.165) is 43.4 Å². The van der Waals surface area contributed by atoms with E-state index >= 15 is 0 Å². The second-order valence-corrected chi connectivity index (χ2v) is 7.50. The smallest absolute Gasteiger partial charge is 0.309 e.